The molecule has 1 aromatic heterocycles. The van der Waals surface area contributed by atoms with Gasteiger partial charge in [-0.05, 0) is 75.2 Å². The van der Waals surface area contributed by atoms with Crippen LogP contribution in [0.3, 0.4) is 0 Å². The summed E-state index contributed by atoms with van der Waals surface area (Å²) in [4.78, 5) is 39.7. The summed E-state index contributed by atoms with van der Waals surface area (Å²) >= 11 is 1.53. The standard InChI is InChI=1S/C24H32N2O4S/c27-21(18-13-10-11-14(12-13)19(18)24(29)30)26-23-20(16-8-4-5-9-17(16)31-23)22(28)25-15-6-2-1-3-7-15/h13-15,18-19H,1-12H2,(H,25,28)(H,26,27)(H,29,30)/t13-,14-,18-,19-/m0/s1. The minimum atomic E-state index is -0.854. The summed E-state index contributed by atoms with van der Waals surface area (Å²) in [5.74, 6) is -1.93. The fraction of sp³-hybridized carbons (Fsp3) is 0.708. The molecule has 0 unspecified atom stereocenters. The molecule has 0 radical (unpaired) electrons. The molecule has 2 bridgehead atoms. The fourth-order valence-corrected chi connectivity index (χ4v) is 7.91. The average molecular weight is 445 g/mol. The van der Waals surface area contributed by atoms with Crippen molar-refractivity contribution in [3.8, 4) is 0 Å². The predicted octanol–water partition coefficient (Wildman–Crippen LogP) is 4.37. The number of aliphatic carboxylic acids is 1. The second-order valence-corrected chi connectivity index (χ2v) is 11.0. The molecule has 4 aliphatic carbocycles. The van der Waals surface area contributed by atoms with Gasteiger partial charge in [0, 0.05) is 10.9 Å². The molecule has 0 saturated heterocycles. The van der Waals surface area contributed by atoms with Gasteiger partial charge in [-0.2, -0.15) is 0 Å². The third-order valence-electron chi connectivity index (χ3n) is 8.08. The molecule has 31 heavy (non-hydrogen) atoms. The molecule has 4 aliphatic rings. The number of carbonyl (C=O) groups excluding carboxylic acids is 2. The van der Waals surface area contributed by atoms with Crippen LogP contribution in [0.2, 0.25) is 0 Å². The lowest BCUT2D eigenvalue weighted by molar-refractivity contribution is -0.148. The van der Waals surface area contributed by atoms with Gasteiger partial charge in [-0.3, -0.25) is 14.4 Å². The normalized spacial score (nSPS) is 30.1. The van der Waals surface area contributed by atoms with E-state index >= 15 is 0 Å². The van der Waals surface area contributed by atoms with Gasteiger partial charge in [0.15, 0.2) is 0 Å². The number of carboxylic acid groups (broad SMARTS) is 1. The van der Waals surface area contributed by atoms with Crippen LogP contribution >= 0.6 is 11.3 Å². The molecule has 3 saturated carbocycles. The van der Waals surface area contributed by atoms with Crippen molar-refractivity contribution < 1.29 is 19.5 Å². The first kappa shape index (κ1) is 21.0. The number of aryl methyl sites for hydroxylation is 1. The maximum absolute atomic E-state index is 13.3. The fourth-order valence-electron chi connectivity index (χ4n) is 6.62. The van der Waals surface area contributed by atoms with E-state index in [0.717, 1.165) is 76.2 Å². The van der Waals surface area contributed by atoms with Gasteiger partial charge in [-0.1, -0.05) is 19.3 Å². The van der Waals surface area contributed by atoms with Gasteiger partial charge < -0.3 is 15.7 Å². The highest BCUT2D eigenvalue weighted by Gasteiger charge is 2.54. The highest BCUT2D eigenvalue weighted by molar-refractivity contribution is 7.17. The van der Waals surface area contributed by atoms with Crippen molar-refractivity contribution in [1.29, 1.82) is 0 Å². The van der Waals surface area contributed by atoms with Crippen LogP contribution in [0, 0.1) is 23.7 Å². The quantitative estimate of drug-likeness (QED) is 0.628. The summed E-state index contributed by atoms with van der Waals surface area (Å²) in [5.41, 5.74) is 1.75. The molecule has 5 rings (SSSR count). The van der Waals surface area contributed by atoms with E-state index < -0.39 is 17.8 Å². The Bertz CT molecular complexity index is 888. The Kier molecular flexibility index (Phi) is 5.80. The Labute approximate surface area is 187 Å². The predicted molar refractivity (Wildman–Crippen MR) is 119 cm³/mol. The minimum absolute atomic E-state index is 0.0654. The molecule has 3 N–H and O–H groups in total. The summed E-state index contributed by atoms with van der Waals surface area (Å²) in [6, 6.07) is 0.214. The molecular formula is C24H32N2O4S. The third kappa shape index (κ3) is 3.90. The number of fused-ring (bicyclic) bond motifs is 3. The minimum Gasteiger partial charge on any atom is -0.481 e. The van der Waals surface area contributed by atoms with Crippen molar-refractivity contribution in [2.24, 2.45) is 23.7 Å². The molecule has 3 fully saturated rings. The van der Waals surface area contributed by atoms with Crippen LogP contribution in [0.25, 0.3) is 0 Å². The van der Waals surface area contributed by atoms with Crippen LogP contribution in [0.4, 0.5) is 5.00 Å². The van der Waals surface area contributed by atoms with Crippen molar-refractivity contribution in [2.75, 3.05) is 5.32 Å². The van der Waals surface area contributed by atoms with E-state index in [2.05, 4.69) is 10.6 Å². The Balaban J connectivity index is 1.39. The molecule has 1 heterocycles. The SMILES string of the molecule is O=C(NC1CCCCC1)c1c(NC(=O)[C@H]2[C@H]3CC[C@@H](C3)[C@@H]2C(=O)O)sc2c1CCCC2. The van der Waals surface area contributed by atoms with E-state index in [1.807, 2.05) is 0 Å². The van der Waals surface area contributed by atoms with Crippen LogP contribution in [0.5, 0.6) is 0 Å². The van der Waals surface area contributed by atoms with E-state index in [0.29, 0.717) is 10.6 Å². The van der Waals surface area contributed by atoms with Crippen LogP contribution < -0.4 is 10.6 Å². The number of nitrogens with one attached hydrogen (secondary N) is 2. The van der Waals surface area contributed by atoms with Crippen molar-refractivity contribution in [2.45, 2.75) is 83.1 Å². The van der Waals surface area contributed by atoms with Gasteiger partial charge in [0.05, 0.1) is 17.4 Å². The third-order valence-corrected chi connectivity index (χ3v) is 9.29. The van der Waals surface area contributed by atoms with Gasteiger partial charge in [-0.15, -0.1) is 11.3 Å². The Hall–Kier alpha value is -1.89. The molecule has 1 aromatic rings. The highest BCUT2D eigenvalue weighted by Crippen LogP contribution is 2.53. The lowest BCUT2D eigenvalue weighted by Gasteiger charge is -2.27. The number of amides is 2. The maximum Gasteiger partial charge on any atom is 0.307 e. The van der Waals surface area contributed by atoms with Crippen LogP contribution in [-0.4, -0.2) is 28.9 Å². The summed E-state index contributed by atoms with van der Waals surface area (Å²) in [6.45, 7) is 0. The molecule has 0 aliphatic heterocycles. The largest absolute Gasteiger partial charge is 0.481 e. The van der Waals surface area contributed by atoms with E-state index in [-0.39, 0.29) is 29.7 Å². The van der Waals surface area contributed by atoms with Crippen LogP contribution in [0.1, 0.15) is 85.0 Å². The maximum atomic E-state index is 13.3. The molecule has 6 nitrogen and oxygen atoms in total. The Morgan fingerprint density at radius 3 is 2.32 bits per heavy atom. The number of hydrogen-bond acceptors (Lipinski definition) is 4. The molecular weight excluding hydrogens is 412 g/mol. The van der Waals surface area contributed by atoms with Gasteiger partial charge in [0.25, 0.3) is 5.91 Å². The zero-order valence-electron chi connectivity index (χ0n) is 18.0. The first-order valence-electron chi connectivity index (χ1n) is 12.0. The molecule has 0 spiro atoms. The number of rotatable bonds is 5. The summed E-state index contributed by atoms with van der Waals surface area (Å²) < 4.78 is 0. The lowest BCUT2D eigenvalue weighted by Crippen LogP contribution is -2.39. The second-order valence-electron chi connectivity index (χ2n) is 9.94. The molecule has 7 heteroatoms. The van der Waals surface area contributed by atoms with Crippen molar-refractivity contribution in [3.05, 3.63) is 16.0 Å². The van der Waals surface area contributed by atoms with Crippen molar-refractivity contribution in [1.82, 2.24) is 5.32 Å². The van der Waals surface area contributed by atoms with Gasteiger partial charge >= 0.3 is 5.97 Å². The number of hydrogen-bond donors (Lipinski definition) is 3. The summed E-state index contributed by atoms with van der Waals surface area (Å²) in [7, 11) is 0. The molecule has 168 valence electrons. The first-order valence-corrected chi connectivity index (χ1v) is 12.8. The summed E-state index contributed by atoms with van der Waals surface area (Å²) in [6.07, 6.45) is 12.3. The van der Waals surface area contributed by atoms with E-state index in [4.69, 9.17) is 0 Å². The average Bonchev–Trinajstić information content (AvgIpc) is 3.46. The smallest absolute Gasteiger partial charge is 0.307 e. The Morgan fingerprint density at radius 1 is 0.871 bits per heavy atom. The van der Waals surface area contributed by atoms with Crippen LogP contribution in [-0.2, 0) is 22.4 Å². The zero-order chi connectivity index (χ0) is 21.5. The number of carboxylic acids is 1. The number of thiophene rings is 1. The van der Waals surface area contributed by atoms with Gasteiger partial charge in [0.1, 0.15) is 5.00 Å². The van der Waals surface area contributed by atoms with Gasteiger partial charge in [0.2, 0.25) is 5.91 Å². The monoisotopic (exact) mass is 444 g/mol. The highest BCUT2D eigenvalue weighted by atomic mass is 32.1. The first-order chi connectivity index (χ1) is 15.0. The van der Waals surface area contributed by atoms with Gasteiger partial charge in [-0.25, -0.2) is 0 Å². The van der Waals surface area contributed by atoms with E-state index in [1.54, 1.807) is 0 Å². The van der Waals surface area contributed by atoms with Crippen molar-refractivity contribution in [3.63, 3.8) is 0 Å². The number of carbonyl (C=O) groups is 3. The topological polar surface area (TPSA) is 95.5 Å². The van der Waals surface area contributed by atoms with Crippen LogP contribution in [0.15, 0.2) is 0 Å². The van der Waals surface area contributed by atoms with E-state index in [9.17, 15) is 19.5 Å². The molecule has 0 aromatic carbocycles. The van der Waals surface area contributed by atoms with E-state index in [1.165, 1.54) is 22.6 Å². The summed E-state index contributed by atoms with van der Waals surface area (Å²) in [5, 5.41) is 16.7. The molecule has 4 atom stereocenters. The Morgan fingerprint density at radius 2 is 1.58 bits per heavy atom. The second kappa shape index (κ2) is 8.57. The lowest BCUT2D eigenvalue weighted by atomic mass is 9.78. The number of anilines is 1. The molecule has 2 amide bonds. The van der Waals surface area contributed by atoms with Crippen molar-refractivity contribution >= 4 is 34.1 Å². The zero-order valence-corrected chi connectivity index (χ0v) is 18.8.